The fraction of sp³-hybridized carbons (Fsp3) is 0.200. The van der Waals surface area contributed by atoms with Crippen molar-refractivity contribution in [2.75, 3.05) is 23.3 Å². The highest BCUT2D eigenvalue weighted by molar-refractivity contribution is 6.30. The summed E-state index contributed by atoms with van der Waals surface area (Å²) in [5.41, 5.74) is 3.09. The normalized spacial score (nSPS) is 13.7. The zero-order valence-corrected chi connectivity index (χ0v) is 18.9. The largest absolute Gasteiger partial charge is 0.436 e. The number of anilines is 2. The van der Waals surface area contributed by atoms with Crippen LogP contribution in [0.25, 0.3) is 22.6 Å². The van der Waals surface area contributed by atoms with Crippen LogP contribution < -0.4 is 10.2 Å². The molecule has 0 spiro atoms. The number of hydrogen-bond acceptors (Lipinski definition) is 6. The van der Waals surface area contributed by atoms with Crippen molar-refractivity contribution in [1.29, 1.82) is 0 Å². The maximum atomic E-state index is 12.9. The van der Waals surface area contributed by atoms with Crippen LogP contribution in [-0.2, 0) is 0 Å². The van der Waals surface area contributed by atoms with E-state index < -0.39 is 10.8 Å². The summed E-state index contributed by atoms with van der Waals surface area (Å²) in [6.07, 6.45) is 3.13. The Labute approximate surface area is 200 Å². The van der Waals surface area contributed by atoms with Crippen molar-refractivity contribution in [3.05, 3.63) is 81.4 Å². The highest BCUT2D eigenvalue weighted by atomic mass is 35.5. The van der Waals surface area contributed by atoms with E-state index in [0.29, 0.717) is 33.4 Å². The van der Waals surface area contributed by atoms with Gasteiger partial charge in [0.1, 0.15) is 11.2 Å². The first-order valence-corrected chi connectivity index (χ1v) is 11.4. The predicted molar refractivity (Wildman–Crippen MR) is 132 cm³/mol. The summed E-state index contributed by atoms with van der Waals surface area (Å²) in [5.74, 6) is -0.0175. The molecule has 0 bridgehead atoms. The Bertz CT molecular complexity index is 1390. The second-order valence-electron chi connectivity index (χ2n) is 8.17. The fourth-order valence-electron chi connectivity index (χ4n) is 4.17. The summed E-state index contributed by atoms with van der Waals surface area (Å²) in [6.45, 7) is 1.56. The Hall–Kier alpha value is -3.91. The number of nitro groups is 1. The Morgan fingerprint density at radius 1 is 1.06 bits per heavy atom. The van der Waals surface area contributed by atoms with Crippen molar-refractivity contribution in [1.82, 2.24) is 4.98 Å². The van der Waals surface area contributed by atoms with Gasteiger partial charge in [0.2, 0.25) is 5.89 Å². The van der Waals surface area contributed by atoms with Crippen molar-refractivity contribution in [2.24, 2.45) is 0 Å². The van der Waals surface area contributed by atoms with Crippen LogP contribution in [0.4, 0.5) is 17.1 Å². The Morgan fingerprint density at radius 3 is 2.65 bits per heavy atom. The number of carbonyl (C=O) groups excluding carboxylic acids is 1. The van der Waals surface area contributed by atoms with Gasteiger partial charge in [0.05, 0.1) is 4.92 Å². The Kier molecular flexibility index (Phi) is 5.90. The van der Waals surface area contributed by atoms with E-state index in [9.17, 15) is 14.9 Å². The number of hydrogen-bond donors (Lipinski definition) is 1. The minimum atomic E-state index is -0.439. The first-order valence-electron chi connectivity index (χ1n) is 11.0. The van der Waals surface area contributed by atoms with Gasteiger partial charge in [-0.15, -0.1) is 0 Å². The molecule has 3 aromatic carbocycles. The molecule has 1 fully saturated rings. The van der Waals surface area contributed by atoms with Gasteiger partial charge >= 0.3 is 0 Å². The molecule has 1 amide bonds. The van der Waals surface area contributed by atoms with E-state index >= 15 is 0 Å². The number of fused-ring (bicyclic) bond motifs is 1. The second kappa shape index (κ2) is 9.15. The van der Waals surface area contributed by atoms with Gasteiger partial charge in [0.25, 0.3) is 11.6 Å². The van der Waals surface area contributed by atoms with Gasteiger partial charge in [-0.2, -0.15) is 0 Å². The second-order valence-corrected chi connectivity index (χ2v) is 8.61. The SMILES string of the molecule is O=C(Nc1ccc2oc(-c3cccc(Cl)c3)nc2c1)c1ccc(N2CCCCC2)c([N+](=O)[O-])c1. The lowest BCUT2D eigenvalue weighted by Gasteiger charge is -2.28. The number of nitrogens with zero attached hydrogens (tertiary/aromatic N) is 3. The van der Waals surface area contributed by atoms with E-state index in [4.69, 9.17) is 16.0 Å². The molecule has 1 saturated heterocycles. The minimum absolute atomic E-state index is 0.0623. The molecule has 0 atom stereocenters. The third-order valence-electron chi connectivity index (χ3n) is 5.85. The highest BCUT2D eigenvalue weighted by Crippen LogP contribution is 2.32. The zero-order chi connectivity index (χ0) is 23.7. The maximum absolute atomic E-state index is 12.9. The first-order chi connectivity index (χ1) is 16.5. The molecule has 9 heteroatoms. The molecular formula is C25H21ClN4O4. The molecule has 0 saturated carbocycles. The average molecular weight is 477 g/mol. The average Bonchev–Trinajstić information content (AvgIpc) is 3.28. The highest BCUT2D eigenvalue weighted by Gasteiger charge is 2.23. The lowest BCUT2D eigenvalue weighted by molar-refractivity contribution is -0.384. The number of nitrogens with one attached hydrogen (secondary N) is 1. The molecule has 0 radical (unpaired) electrons. The van der Waals surface area contributed by atoms with Gasteiger partial charge < -0.3 is 14.6 Å². The van der Waals surface area contributed by atoms with Crippen LogP contribution in [0.1, 0.15) is 29.6 Å². The minimum Gasteiger partial charge on any atom is -0.436 e. The van der Waals surface area contributed by atoms with Crippen molar-refractivity contribution in [2.45, 2.75) is 19.3 Å². The molecule has 0 aliphatic carbocycles. The number of aromatic nitrogens is 1. The topological polar surface area (TPSA) is 102 Å². The molecule has 1 aliphatic rings. The van der Waals surface area contributed by atoms with Crippen LogP contribution in [0.3, 0.4) is 0 Å². The summed E-state index contributed by atoms with van der Waals surface area (Å²) in [4.78, 5) is 30.7. The molecule has 1 N–H and O–H groups in total. The van der Waals surface area contributed by atoms with Crippen molar-refractivity contribution in [3.8, 4) is 11.5 Å². The van der Waals surface area contributed by atoms with Gasteiger partial charge in [-0.25, -0.2) is 4.98 Å². The molecule has 0 unspecified atom stereocenters. The summed E-state index contributed by atoms with van der Waals surface area (Å²) < 4.78 is 5.80. The van der Waals surface area contributed by atoms with E-state index in [1.54, 1.807) is 42.5 Å². The van der Waals surface area contributed by atoms with Crippen molar-refractivity contribution >= 4 is 45.7 Å². The lowest BCUT2D eigenvalue weighted by Crippen LogP contribution is -2.30. The molecule has 34 heavy (non-hydrogen) atoms. The van der Waals surface area contributed by atoms with Crippen molar-refractivity contribution < 1.29 is 14.1 Å². The number of amides is 1. The molecular weight excluding hydrogens is 456 g/mol. The zero-order valence-electron chi connectivity index (χ0n) is 18.2. The van der Waals surface area contributed by atoms with Crippen LogP contribution in [0.5, 0.6) is 0 Å². The number of benzene rings is 3. The molecule has 1 aliphatic heterocycles. The van der Waals surface area contributed by atoms with E-state index in [0.717, 1.165) is 37.9 Å². The third-order valence-corrected chi connectivity index (χ3v) is 6.08. The Balaban J connectivity index is 1.38. The molecule has 2 heterocycles. The van der Waals surface area contributed by atoms with Gasteiger partial charge in [0.15, 0.2) is 5.58 Å². The quantitative estimate of drug-likeness (QED) is 0.268. The number of carbonyl (C=O) groups is 1. The van der Waals surface area contributed by atoms with Gasteiger partial charge in [0, 0.05) is 41.0 Å². The monoisotopic (exact) mass is 476 g/mol. The van der Waals surface area contributed by atoms with Gasteiger partial charge in [-0.1, -0.05) is 17.7 Å². The molecule has 8 nitrogen and oxygen atoms in total. The number of piperidine rings is 1. The molecule has 172 valence electrons. The molecule has 4 aromatic rings. The summed E-state index contributed by atoms with van der Waals surface area (Å²) in [6, 6.07) is 16.9. The van der Waals surface area contributed by atoms with E-state index in [1.807, 2.05) is 17.0 Å². The van der Waals surface area contributed by atoms with Crippen LogP contribution in [0.2, 0.25) is 5.02 Å². The number of rotatable bonds is 5. The lowest BCUT2D eigenvalue weighted by atomic mass is 10.1. The standard InChI is InChI=1S/C25H21ClN4O4/c26-18-6-4-5-17(13-18)25-28-20-15-19(8-10-23(20)34-25)27-24(31)16-7-9-21(22(14-16)30(32)33)29-11-2-1-3-12-29/h4-10,13-15H,1-3,11-12H2,(H,27,31). The van der Waals surface area contributed by atoms with Gasteiger partial charge in [-0.3, -0.25) is 14.9 Å². The van der Waals surface area contributed by atoms with E-state index in [-0.39, 0.29) is 11.3 Å². The maximum Gasteiger partial charge on any atom is 0.293 e. The number of oxazole rings is 1. The summed E-state index contributed by atoms with van der Waals surface area (Å²) in [7, 11) is 0. The number of nitro benzene ring substituents is 1. The van der Waals surface area contributed by atoms with Crippen LogP contribution >= 0.6 is 11.6 Å². The summed E-state index contributed by atoms with van der Waals surface area (Å²) >= 11 is 6.06. The third kappa shape index (κ3) is 4.45. The van der Waals surface area contributed by atoms with Crippen molar-refractivity contribution in [3.63, 3.8) is 0 Å². The number of halogens is 1. The Morgan fingerprint density at radius 2 is 1.88 bits per heavy atom. The fourth-order valence-corrected chi connectivity index (χ4v) is 4.36. The van der Waals surface area contributed by atoms with Crippen LogP contribution in [-0.4, -0.2) is 28.9 Å². The molecule has 1 aromatic heterocycles. The predicted octanol–water partition coefficient (Wildman–Crippen LogP) is 6.30. The summed E-state index contributed by atoms with van der Waals surface area (Å²) in [5, 5.41) is 15.1. The van der Waals surface area contributed by atoms with Crippen LogP contribution in [0.15, 0.2) is 65.1 Å². The first kappa shape index (κ1) is 21.9. The van der Waals surface area contributed by atoms with Crippen LogP contribution in [0, 0.1) is 10.1 Å². The smallest absolute Gasteiger partial charge is 0.293 e. The van der Waals surface area contributed by atoms with Gasteiger partial charge in [-0.05, 0) is 67.8 Å². The van der Waals surface area contributed by atoms with E-state index in [2.05, 4.69) is 10.3 Å². The van der Waals surface area contributed by atoms with E-state index in [1.165, 1.54) is 6.07 Å². The molecule has 5 rings (SSSR count).